The topological polar surface area (TPSA) is 102 Å². The predicted octanol–water partition coefficient (Wildman–Crippen LogP) is 1.80. The minimum absolute atomic E-state index is 0.244. The minimum atomic E-state index is -4.56. The van der Waals surface area contributed by atoms with Crippen LogP contribution >= 0.6 is 23.4 Å². The van der Waals surface area contributed by atoms with Crippen molar-refractivity contribution < 1.29 is 22.8 Å². The maximum absolute atomic E-state index is 12.0. The summed E-state index contributed by atoms with van der Waals surface area (Å²) < 4.78 is 37.2. The average Bonchev–Trinajstić information content (AvgIpc) is 2.99. The van der Waals surface area contributed by atoms with Crippen LogP contribution in [0.2, 0.25) is 5.02 Å². The van der Waals surface area contributed by atoms with Gasteiger partial charge in [-0.25, -0.2) is 4.79 Å². The van der Waals surface area contributed by atoms with Crippen LogP contribution in [0, 0.1) is 0 Å². The number of hydrogen-bond acceptors (Lipinski definition) is 6. The molecule has 2 rings (SSSR count). The van der Waals surface area contributed by atoms with E-state index in [9.17, 15) is 22.8 Å². The van der Waals surface area contributed by atoms with E-state index in [0.29, 0.717) is 10.7 Å². The molecule has 0 atom stereocenters. The van der Waals surface area contributed by atoms with Crippen LogP contribution in [0.3, 0.4) is 0 Å². The van der Waals surface area contributed by atoms with Crippen molar-refractivity contribution in [2.24, 2.45) is 0 Å². The summed E-state index contributed by atoms with van der Waals surface area (Å²) in [5.41, 5.74) is 0.559. The highest BCUT2D eigenvalue weighted by Gasteiger charge is 2.28. The summed E-state index contributed by atoms with van der Waals surface area (Å²) in [4.78, 5) is 22.8. The lowest BCUT2D eigenvalue weighted by atomic mass is 10.3. The molecule has 134 valence electrons. The fraction of sp³-hybridized carbons (Fsp3) is 0.250. The number of urea groups is 1. The third kappa shape index (κ3) is 6.23. The first-order valence-corrected chi connectivity index (χ1v) is 7.92. The Labute approximate surface area is 148 Å². The molecule has 0 bridgehead atoms. The summed E-state index contributed by atoms with van der Waals surface area (Å²) in [6.07, 6.45) is -4.56. The van der Waals surface area contributed by atoms with Crippen LogP contribution in [0.1, 0.15) is 0 Å². The number of benzene rings is 1. The molecule has 0 aliphatic carbocycles. The highest BCUT2D eigenvalue weighted by atomic mass is 35.5. The van der Waals surface area contributed by atoms with Gasteiger partial charge in [-0.2, -0.15) is 17.9 Å². The molecular formula is C12H10ClF3N6O2S. The van der Waals surface area contributed by atoms with Gasteiger partial charge in [-0.1, -0.05) is 29.4 Å². The molecule has 0 aliphatic rings. The Morgan fingerprint density at radius 1 is 1.32 bits per heavy atom. The van der Waals surface area contributed by atoms with E-state index in [-0.39, 0.29) is 10.9 Å². The van der Waals surface area contributed by atoms with Gasteiger partial charge >= 0.3 is 12.2 Å². The summed E-state index contributed by atoms with van der Waals surface area (Å²) >= 11 is 6.78. The second kappa shape index (κ2) is 8.16. The molecule has 0 aliphatic heterocycles. The van der Waals surface area contributed by atoms with Gasteiger partial charge in [0.05, 0.1) is 11.4 Å². The van der Waals surface area contributed by atoms with Gasteiger partial charge in [0.1, 0.15) is 6.54 Å². The number of aromatic nitrogens is 4. The van der Waals surface area contributed by atoms with Gasteiger partial charge in [0, 0.05) is 5.02 Å². The summed E-state index contributed by atoms with van der Waals surface area (Å²) in [5, 5.41) is 15.0. The first-order valence-electron chi connectivity index (χ1n) is 6.56. The summed E-state index contributed by atoms with van der Waals surface area (Å²) in [7, 11) is 0. The van der Waals surface area contributed by atoms with Crippen molar-refractivity contribution in [1.29, 1.82) is 0 Å². The van der Waals surface area contributed by atoms with Crippen LogP contribution < -0.4 is 10.6 Å². The number of carbonyl (C=O) groups excluding carboxylic acids is 2. The van der Waals surface area contributed by atoms with E-state index in [0.717, 1.165) is 11.8 Å². The SMILES string of the molecule is O=C(CSc1nnnn1-c1cccc(Cl)c1)NC(=O)NCC(F)(F)F. The average molecular weight is 395 g/mol. The highest BCUT2D eigenvalue weighted by Crippen LogP contribution is 2.20. The third-order valence-electron chi connectivity index (χ3n) is 2.53. The Bertz CT molecular complexity index is 769. The van der Waals surface area contributed by atoms with Gasteiger partial charge in [0.2, 0.25) is 11.1 Å². The zero-order chi connectivity index (χ0) is 18.4. The smallest absolute Gasteiger partial charge is 0.329 e. The molecular weight excluding hydrogens is 385 g/mol. The first kappa shape index (κ1) is 19.0. The Kier molecular flexibility index (Phi) is 6.20. The zero-order valence-corrected chi connectivity index (χ0v) is 13.8. The van der Waals surface area contributed by atoms with Gasteiger partial charge in [-0.15, -0.1) is 5.10 Å². The maximum Gasteiger partial charge on any atom is 0.405 e. The Balaban J connectivity index is 1.89. The Morgan fingerprint density at radius 3 is 2.76 bits per heavy atom. The van der Waals surface area contributed by atoms with Crippen molar-refractivity contribution in [3.05, 3.63) is 29.3 Å². The number of carbonyl (C=O) groups is 2. The van der Waals surface area contributed by atoms with E-state index in [2.05, 4.69) is 15.5 Å². The fourth-order valence-electron chi connectivity index (χ4n) is 1.56. The van der Waals surface area contributed by atoms with Crippen molar-refractivity contribution in [2.45, 2.75) is 11.3 Å². The standard InChI is InChI=1S/C12H10ClF3N6O2S/c13-7-2-1-3-8(4-7)22-11(19-20-21-22)25-5-9(23)18-10(24)17-6-12(14,15)16/h1-4H,5-6H2,(H2,17,18,23,24). The summed E-state index contributed by atoms with van der Waals surface area (Å²) in [6.45, 7) is -1.54. The number of hydrogen-bond donors (Lipinski definition) is 2. The van der Waals surface area contributed by atoms with E-state index >= 15 is 0 Å². The van der Waals surface area contributed by atoms with Crippen LogP contribution in [0.25, 0.3) is 5.69 Å². The molecule has 3 amide bonds. The van der Waals surface area contributed by atoms with E-state index in [4.69, 9.17) is 11.6 Å². The van der Waals surface area contributed by atoms with Crippen LogP contribution in [0.4, 0.5) is 18.0 Å². The number of halogens is 4. The zero-order valence-electron chi connectivity index (χ0n) is 12.2. The van der Waals surface area contributed by atoms with Gasteiger partial charge in [-0.3, -0.25) is 10.1 Å². The summed E-state index contributed by atoms with van der Waals surface area (Å²) in [5.74, 6) is -1.08. The van der Waals surface area contributed by atoms with Crippen LogP contribution in [-0.2, 0) is 4.79 Å². The molecule has 2 N–H and O–H groups in total. The van der Waals surface area contributed by atoms with Crippen LogP contribution in [-0.4, -0.2) is 50.6 Å². The number of nitrogens with one attached hydrogen (secondary N) is 2. The lowest BCUT2D eigenvalue weighted by Gasteiger charge is -2.09. The largest absolute Gasteiger partial charge is 0.405 e. The molecule has 1 aromatic carbocycles. The van der Waals surface area contributed by atoms with Crippen molar-refractivity contribution in [2.75, 3.05) is 12.3 Å². The number of imide groups is 1. The monoisotopic (exact) mass is 394 g/mol. The number of tetrazole rings is 1. The number of thioether (sulfide) groups is 1. The molecule has 1 aromatic heterocycles. The first-order chi connectivity index (χ1) is 11.7. The molecule has 0 spiro atoms. The summed E-state index contributed by atoms with van der Waals surface area (Å²) in [6, 6.07) is 5.40. The fourth-order valence-corrected chi connectivity index (χ4v) is 2.43. The minimum Gasteiger partial charge on any atom is -0.329 e. The number of rotatable bonds is 5. The van der Waals surface area contributed by atoms with Crippen molar-refractivity contribution >= 4 is 35.3 Å². The van der Waals surface area contributed by atoms with E-state index in [1.165, 1.54) is 10.00 Å². The Morgan fingerprint density at radius 2 is 2.08 bits per heavy atom. The number of alkyl halides is 3. The lowest BCUT2D eigenvalue weighted by molar-refractivity contribution is -0.124. The van der Waals surface area contributed by atoms with Crippen LogP contribution in [0.15, 0.2) is 29.4 Å². The number of amides is 3. The molecule has 0 radical (unpaired) electrons. The van der Waals surface area contributed by atoms with Gasteiger partial charge in [-0.05, 0) is 28.6 Å². The lowest BCUT2D eigenvalue weighted by Crippen LogP contribution is -2.43. The molecule has 2 aromatic rings. The Hall–Kier alpha value is -2.34. The molecule has 0 saturated carbocycles. The molecule has 0 fully saturated rings. The molecule has 0 saturated heterocycles. The second-order valence-corrected chi connectivity index (χ2v) is 5.87. The normalized spacial score (nSPS) is 11.2. The molecule has 25 heavy (non-hydrogen) atoms. The highest BCUT2D eigenvalue weighted by molar-refractivity contribution is 7.99. The van der Waals surface area contributed by atoms with E-state index in [1.54, 1.807) is 29.6 Å². The number of nitrogens with zero attached hydrogens (tertiary/aromatic N) is 4. The second-order valence-electron chi connectivity index (χ2n) is 4.49. The van der Waals surface area contributed by atoms with E-state index < -0.39 is 24.7 Å². The molecule has 13 heteroatoms. The molecule has 0 unspecified atom stereocenters. The van der Waals surface area contributed by atoms with E-state index in [1.807, 2.05) is 0 Å². The van der Waals surface area contributed by atoms with Crippen molar-refractivity contribution in [1.82, 2.24) is 30.8 Å². The molecule has 1 heterocycles. The van der Waals surface area contributed by atoms with Crippen molar-refractivity contribution in [3.8, 4) is 5.69 Å². The third-order valence-corrected chi connectivity index (χ3v) is 3.68. The van der Waals surface area contributed by atoms with Gasteiger partial charge in [0.25, 0.3) is 0 Å². The quantitative estimate of drug-likeness (QED) is 0.750. The van der Waals surface area contributed by atoms with Crippen LogP contribution in [0.5, 0.6) is 0 Å². The van der Waals surface area contributed by atoms with Gasteiger partial charge in [0.15, 0.2) is 0 Å². The molecule has 8 nitrogen and oxygen atoms in total. The predicted molar refractivity (Wildman–Crippen MR) is 82.5 cm³/mol. The maximum atomic E-state index is 12.0. The van der Waals surface area contributed by atoms with Gasteiger partial charge < -0.3 is 5.32 Å². The van der Waals surface area contributed by atoms with Crippen molar-refractivity contribution in [3.63, 3.8) is 0 Å².